The SMILES string of the molecule is CCCNCc1cn(CCn2ccnn2)cn1. The predicted molar refractivity (Wildman–Crippen MR) is 64.2 cm³/mol. The molecule has 2 rings (SSSR count). The van der Waals surface area contributed by atoms with Crippen molar-refractivity contribution in [1.82, 2.24) is 29.9 Å². The Morgan fingerprint density at radius 3 is 3.06 bits per heavy atom. The van der Waals surface area contributed by atoms with Crippen LogP contribution in [0.5, 0.6) is 0 Å². The lowest BCUT2D eigenvalue weighted by Crippen LogP contribution is -2.14. The standard InChI is InChI=1S/C11H18N6/c1-2-3-12-8-11-9-16(10-13-11)6-7-17-5-4-14-15-17/h4-5,9-10,12H,2-3,6-8H2,1H3. The molecule has 1 N–H and O–H groups in total. The average Bonchev–Trinajstić information content (AvgIpc) is 2.98. The zero-order chi connectivity index (χ0) is 11.9. The summed E-state index contributed by atoms with van der Waals surface area (Å²) in [4.78, 5) is 4.34. The largest absolute Gasteiger partial charge is 0.335 e. The molecule has 2 heterocycles. The van der Waals surface area contributed by atoms with Crippen molar-refractivity contribution in [3.8, 4) is 0 Å². The predicted octanol–water partition coefficient (Wildman–Crippen LogP) is 0.674. The first-order valence-corrected chi connectivity index (χ1v) is 5.94. The Hall–Kier alpha value is -1.69. The third kappa shape index (κ3) is 3.67. The fourth-order valence-corrected chi connectivity index (χ4v) is 1.58. The number of aryl methyl sites for hydroxylation is 2. The first-order chi connectivity index (χ1) is 8.38. The molecule has 0 aromatic carbocycles. The summed E-state index contributed by atoms with van der Waals surface area (Å²) in [7, 11) is 0. The lowest BCUT2D eigenvalue weighted by atomic mass is 10.4. The summed E-state index contributed by atoms with van der Waals surface area (Å²) in [6.45, 7) is 5.71. The third-order valence-corrected chi connectivity index (χ3v) is 2.48. The average molecular weight is 234 g/mol. The molecule has 0 radical (unpaired) electrons. The molecule has 6 heteroatoms. The van der Waals surface area contributed by atoms with E-state index in [1.807, 2.05) is 17.2 Å². The van der Waals surface area contributed by atoms with Crippen molar-refractivity contribution in [1.29, 1.82) is 0 Å². The van der Waals surface area contributed by atoms with E-state index in [4.69, 9.17) is 0 Å². The van der Waals surface area contributed by atoms with Crippen molar-refractivity contribution in [3.05, 3.63) is 30.6 Å². The smallest absolute Gasteiger partial charge is 0.0950 e. The molecule has 0 fully saturated rings. The number of imidazole rings is 1. The molecule has 2 aromatic rings. The van der Waals surface area contributed by atoms with Gasteiger partial charge in [0.2, 0.25) is 0 Å². The van der Waals surface area contributed by atoms with E-state index in [1.54, 1.807) is 6.20 Å². The molecule has 0 saturated heterocycles. The van der Waals surface area contributed by atoms with Gasteiger partial charge in [0.05, 0.1) is 24.8 Å². The molecule has 0 aliphatic carbocycles. The Balaban J connectivity index is 1.77. The topological polar surface area (TPSA) is 60.6 Å². The zero-order valence-electron chi connectivity index (χ0n) is 10.1. The lowest BCUT2D eigenvalue weighted by molar-refractivity contribution is 0.518. The second-order valence-corrected chi connectivity index (χ2v) is 3.95. The summed E-state index contributed by atoms with van der Waals surface area (Å²) in [6.07, 6.45) is 8.63. The summed E-state index contributed by atoms with van der Waals surface area (Å²) in [5, 5.41) is 11.0. The molecule has 2 aromatic heterocycles. The Labute approximate surface area is 101 Å². The summed E-state index contributed by atoms with van der Waals surface area (Å²) >= 11 is 0. The van der Waals surface area contributed by atoms with Gasteiger partial charge in [-0.25, -0.2) is 4.98 Å². The Morgan fingerprint density at radius 1 is 1.35 bits per heavy atom. The molecule has 0 amide bonds. The van der Waals surface area contributed by atoms with Gasteiger partial charge in [-0.3, -0.25) is 4.68 Å². The zero-order valence-corrected chi connectivity index (χ0v) is 10.1. The Morgan fingerprint density at radius 2 is 2.29 bits per heavy atom. The summed E-state index contributed by atoms with van der Waals surface area (Å²) in [5.74, 6) is 0. The van der Waals surface area contributed by atoms with Crippen LogP contribution in [0.1, 0.15) is 19.0 Å². The quantitative estimate of drug-likeness (QED) is 0.715. The minimum absolute atomic E-state index is 0.818. The summed E-state index contributed by atoms with van der Waals surface area (Å²) in [6, 6.07) is 0. The van der Waals surface area contributed by atoms with Crippen LogP contribution >= 0.6 is 0 Å². The molecule has 0 aliphatic rings. The highest BCUT2D eigenvalue weighted by molar-refractivity contribution is 4.95. The Bertz CT molecular complexity index is 419. The van der Waals surface area contributed by atoms with Crippen LogP contribution < -0.4 is 5.32 Å². The van der Waals surface area contributed by atoms with Gasteiger partial charge in [-0.2, -0.15) is 0 Å². The fraction of sp³-hybridized carbons (Fsp3) is 0.545. The maximum absolute atomic E-state index is 4.34. The van der Waals surface area contributed by atoms with Crippen LogP contribution in [0, 0.1) is 0 Å². The van der Waals surface area contributed by atoms with E-state index in [0.717, 1.165) is 38.3 Å². The van der Waals surface area contributed by atoms with Crippen molar-refractivity contribution in [3.63, 3.8) is 0 Å². The van der Waals surface area contributed by atoms with Crippen molar-refractivity contribution in [2.45, 2.75) is 33.0 Å². The number of nitrogens with zero attached hydrogens (tertiary/aromatic N) is 5. The number of nitrogens with one attached hydrogen (secondary N) is 1. The minimum atomic E-state index is 0.818. The second-order valence-electron chi connectivity index (χ2n) is 3.95. The number of hydrogen-bond donors (Lipinski definition) is 1. The molecular weight excluding hydrogens is 216 g/mol. The van der Waals surface area contributed by atoms with E-state index in [2.05, 4.69) is 38.3 Å². The van der Waals surface area contributed by atoms with Gasteiger partial charge in [0.15, 0.2) is 0 Å². The Kier molecular flexibility index (Phi) is 4.26. The summed E-state index contributed by atoms with van der Waals surface area (Å²) < 4.78 is 3.89. The van der Waals surface area contributed by atoms with E-state index in [-0.39, 0.29) is 0 Å². The van der Waals surface area contributed by atoms with E-state index in [0.29, 0.717) is 0 Å². The molecule has 0 aliphatic heterocycles. The van der Waals surface area contributed by atoms with Gasteiger partial charge in [0.1, 0.15) is 0 Å². The third-order valence-electron chi connectivity index (χ3n) is 2.48. The highest BCUT2D eigenvalue weighted by Crippen LogP contribution is 1.97. The highest BCUT2D eigenvalue weighted by Gasteiger charge is 1.98. The van der Waals surface area contributed by atoms with Gasteiger partial charge in [-0.15, -0.1) is 5.10 Å². The van der Waals surface area contributed by atoms with Crippen molar-refractivity contribution < 1.29 is 0 Å². The fourth-order valence-electron chi connectivity index (χ4n) is 1.58. The first-order valence-electron chi connectivity index (χ1n) is 5.94. The van der Waals surface area contributed by atoms with Gasteiger partial charge in [0, 0.05) is 25.5 Å². The van der Waals surface area contributed by atoms with Crippen molar-refractivity contribution in [2.75, 3.05) is 6.54 Å². The molecule has 6 nitrogen and oxygen atoms in total. The van der Waals surface area contributed by atoms with Gasteiger partial charge in [-0.05, 0) is 13.0 Å². The normalized spacial score (nSPS) is 10.9. The van der Waals surface area contributed by atoms with E-state index >= 15 is 0 Å². The van der Waals surface area contributed by atoms with Gasteiger partial charge in [0.25, 0.3) is 0 Å². The number of rotatable bonds is 7. The van der Waals surface area contributed by atoms with E-state index in [1.165, 1.54) is 0 Å². The number of aromatic nitrogens is 5. The van der Waals surface area contributed by atoms with Crippen LogP contribution in [0.4, 0.5) is 0 Å². The first kappa shape index (κ1) is 11.8. The minimum Gasteiger partial charge on any atom is -0.335 e. The van der Waals surface area contributed by atoms with Crippen LogP contribution in [0.25, 0.3) is 0 Å². The molecule has 17 heavy (non-hydrogen) atoms. The van der Waals surface area contributed by atoms with Gasteiger partial charge >= 0.3 is 0 Å². The van der Waals surface area contributed by atoms with Crippen LogP contribution in [0.3, 0.4) is 0 Å². The maximum Gasteiger partial charge on any atom is 0.0950 e. The molecule has 0 unspecified atom stereocenters. The molecular formula is C11H18N6. The maximum atomic E-state index is 4.34. The molecule has 0 bridgehead atoms. The summed E-state index contributed by atoms with van der Waals surface area (Å²) in [5.41, 5.74) is 1.08. The molecule has 92 valence electrons. The number of hydrogen-bond acceptors (Lipinski definition) is 4. The lowest BCUT2D eigenvalue weighted by Gasteiger charge is -2.01. The van der Waals surface area contributed by atoms with Gasteiger partial charge in [-0.1, -0.05) is 12.1 Å². The van der Waals surface area contributed by atoms with Crippen LogP contribution in [-0.4, -0.2) is 31.1 Å². The molecule has 0 saturated carbocycles. The van der Waals surface area contributed by atoms with Crippen molar-refractivity contribution >= 4 is 0 Å². The van der Waals surface area contributed by atoms with E-state index in [9.17, 15) is 0 Å². The molecule has 0 atom stereocenters. The molecule has 0 spiro atoms. The highest BCUT2D eigenvalue weighted by atomic mass is 15.4. The van der Waals surface area contributed by atoms with Crippen LogP contribution in [-0.2, 0) is 19.6 Å². The van der Waals surface area contributed by atoms with E-state index < -0.39 is 0 Å². The van der Waals surface area contributed by atoms with Crippen LogP contribution in [0.15, 0.2) is 24.9 Å². The monoisotopic (exact) mass is 234 g/mol. The van der Waals surface area contributed by atoms with Crippen LogP contribution in [0.2, 0.25) is 0 Å². The van der Waals surface area contributed by atoms with Gasteiger partial charge < -0.3 is 9.88 Å². The van der Waals surface area contributed by atoms with Crippen molar-refractivity contribution in [2.24, 2.45) is 0 Å². The second kappa shape index (κ2) is 6.15.